The molecule has 0 unspecified atom stereocenters. The lowest BCUT2D eigenvalue weighted by atomic mass is 10.1. The Bertz CT molecular complexity index is 1100. The molecule has 4 aromatic rings. The molecule has 0 fully saturated rings. The first kappa shape index (κ1) is 13.8. The smallest absolute Gasteiger partial charge is 0.266 e. The molecule has 0 radical (unpaired) electrons. The zero-order valence-corrected chi connectivity index (χ0v) is 13.2. The van der Waals surface area contributed by atoms with Crippen molar-refractivity contribution in [3.05, 3.63) is 80.6 Å². The van der Waals surface area contributed by atoms with E-state index in [1.807, 2.05) is 67.6 Å². The second-order valence-corrected chi connectivity index (χ2v) is 6.28. The minimum absolute atomic E-state index is 0.122. The van der Waals surface area contributed by atoms with Crippen LogP contribution in [0.5, 0.6) is 0 Å². The molecular formula is C18H13N3OS. The van der Waals surface area contributed by atoms with E-state index in [1.165, 1.54) is 15.9 Å². The molecule has 5 heteroatoms. The lowest BCUT2D eigenvalue weighted by Crippen LogP contribution is -2.23. The first-order valence-corrected chi connectivity index (χ1v) is 8.06. The summed E-state index contributed by atoms with van der Waals surface area (Å²) in [6, 6.07) is 17.7. The molecule has 0 N–H and O–H groups in total. The van der Waals surface area contributed by atoms with Crippen molar-refractivity contribution in [1.82, 2.24) is 14.6 Å². The number of thiazole rings is 1. The number of benzene rings is 2. The van der Waals surface area contributed by atoms with Gasteiger partial charge in [0.15, 0.2) is 5.82 Å². The highest BCUT2D eigenvalue weighted by Crippen LogP contribution is 2.15. The molecule has 2 aromatic heterocycles. The molecule has 4 nitrogen and oxygen atoms in total. The van der Waals surface area contributed by atoms with Gasteiger partial charge in [-0.2, -0.15) is 9.50 Å². The molecule has 0 saturated carbocycles. The first-order valence-electron chi connectivity index (χ1n) is 7.25. The zero-order chi connectivity index (χ0) is 15.8. The summed E-state index contributed by atoms with van der Waals surface area (Å²) < 4.78 is 2.03. The van der Waals surface area contributed by atoms with Crippen molar-refractivity contribution in [2.24, 2.45) is 0 Å². The third-order valence-corrected chi connectivity index (χ3v) is 4.65. The molecule has 2 heterocycles. The van der Waals surface area contributed by atoms with Gasteiger partial charge >= 0.3 is 0 Å². The van der Waals surface area contributed by atoms with Gasteiger partial charge in [-0.25, -0.2) is 0 Å². The van der Waals surface area contributed by atoms with E-state index < -0.39 is 0 Å². The van der Waals surface area contributed by atoms with Crippen LogP contribution >= 0.6 is 11.3 Å². The van der Waals surface area contributed by atoms with Crippen molar-refractivity contribution in [3.63, 3.8) is 0 Å². The van der Waals surface area contributed by atoms with Gasteiger partial charge in [0.2, 0.25) is 4.96 Å². The van der Waals surface area contributed by atoms with Gasteiger partial charge in [0.1, 0.15) is 0 Å². The Hall–Kier alpha value is -2.79. The van der Waals surface area contributed by atoms with Crippen LogP contribution in [0.1, 0.15) is 11.1 Å². The maximum atomic E-state index is 12.5. The van der Waals surface area contributed by atoms with Crippen LogP contribution in [-0.4, -0.2) is 14.6 Å². The summed E-state index contributed by atoms with van der Waals surface area (Å²) in [4.78, 5) is 17.6. The summed E-state index contributed by atoms with van der Waals surface area (Å²) in [6.07, 6.45) is 1.90. The van der Waals surface area contributed by atoms with Gasteiger partial charge in [-0.3, -0.25) is 4.79 Å². The van der Waals surface area contributed by atoms with Crippen molar-refractivity contribution >= 4 is 22.4 Å². The quantitative estimate of drug-likeness (QED) is 0.571. The molecule has 23 heavy (non-hydrogen) atoms. The van der Waals surface area contributed by atoms with Crippen LogP contribution in [0.2, 0.25) is 0 Å². The van der Waals surface area contributed by atoms with E-state index in [-0.39, 0.29) is 5.56 Å². The Morgan fingerprint density at radius 2 is 1.78 bits per heavy atom. The minimum Gasteiger partial charge on any atom is -0.266 e. The van der Waals surface area contributed by atoms with Crippen molar-refractivity contribution in [3.8, 4) is 11.4 Å². The van der Waals surface area contributed by atoms with Crippen molar-refractivity contribution < 1.29 is 0 Å². The fraction of sp³-hybridized carbons (Fsp3) is 0.0556. The second kappa shape index (κ2) is 5.44. The lowest BCUT2D eigenvalue weighted by molar-refractivity contribution is 0.937. The van der Waals surface area contributed by atoms with Crippen LogP contribution < -0.4 is 10.1 Å². The molecule has 0 amide bonds. The number of hydrogen-bond acceptors (Lipinski definition) is 4. The van der Waals surface area contributed by atoms with Crippen LogP contribution in [0.4, 0.5) is 0 Å². The van der Waals surface area contributed by atoms with Gasteiger partial charge in [-0.05, 0) is 24.1 Å². The first-order chi connectivity index (χ1) is 11.2. The van der Waals surface area contributed by atoms with Gasteiger partial charge in [0, 0.05) is 5.56 Å². The molecular weight excluding hydrogens is 306 g/mol. The molecule has 0 atom stereocenters. The summed E-state index contributed by atoms with van der Waals surface area (Å²) in [5.74, 6) is 0.580. The largest absolute Gasteiger partial charge is 0.291 e. The van der Waals surface area contributed by atoms with Gasteiger partial charge in [0.25, 0.3) is 5.56 Å². The Kier molecular flexibility index (Phi) is 3.28. The topological polar surface area (TPSA) is 47.3 Å². The summed E-state index contributed by atoms with van der Waals surface area (Å²) in [5.41, 5.74) is 2.96. The average Bonchev–Trinajstić information content (AvgIpc) is 3.11. The number of aryl methyl sites for hydroxylation is 1. The maximum Gasteiger partial charge on any atom is 0.291 e. The molecule has 0 spiro atoms. The summed E-state index contributed by atoms with van der Waals surface area (Å²) in [6.45, 7) is 2.03. The van der Waals surface area contributed by atoms with Gasteiger partial charge in [-0.15, -0.1) is 5.10 Å². The fourth-order valence-corrected chi connectivity index (χ4v) is 3.33. The SMILES string of the molecule is Cc1ccccc1/C=c1\sc2nc(-c3ccccc3)nn2c1=O. The molecule has 0 aliphatic carbocycles. The van der Waals surface area contributed by atoms with Crippen molar-refractivity contribution in [2.75, 3.05) is 0 Å². The molecule has 112 valence electrons. The molecule has 0 bridgehead atoms. The summed E-state index contributed by atoms with van der Waals surface area (Å²) in [5, 5.41) is 4.35. The summed E-state index contributed by atoms with van der Waals surface area (Å²) in [7, 11) is 0. The van der Waals surface area contributed by atoms with E-state index in [4.69, 9.17) is 0 Å². The molecule has 2 aromatic carbocycles. The van der Waals surface area contributed by atoms with Crippen LogP contribution in [-0.2, 0) is 0 Å². The van der Waals surface area contributed by atoms with Crippen molar-refractivity contribution in [1.29, 1.82) is 0 Å². The van der Waals surface area contributed by atoms with Gasteiger partial charge in [-0.1, -0.05) is 65.9 Å². The van der Waals surface area contributed by atoms with Crippen LogP contribution in [0.15, 0.2) is 59.4 Å². The zero-order valence-electron chi connectivity index (χ0n) is 12.4. The Labute approximate surface area is 136 Å². The van der Waals surface area contributed by atoms with E-state index >= 15 is 0 Å². The highest BCUT2D eigenvalue weighted by atomic mass is 32.1. The number of fused-ring (bicyclic) bond motifs is 1. The highest BCUT2D eigenvalue weighted by Gasteiger charge is 2.11. The maximum absolute atomic E-state index is 12.5. The minimum atomic E-state index is -0.122. The number of hydrogen-bond donors (Lipinski definition) is 0. The Morgan fingerprint density at radius 1 is 1.04 bits per heavy atom. The van der Waals surface area contributed by atoms with Crippen molar-refractivity contribution in [2.45, 2.75) is 6.92 Å². The van der Waals surface area contributed by atoms with E-state index in [9.17, 15) is 4.79 Å². The van der Waals surface area contributed by atoms with E-state index in [1.54, 1.807) is 0 Å². The number of aromatic nitrogens is 3. The van der Waals surface area contributed by atoms with Crippen LogP contribution in [0.25, 0.3) is 22.4 Å². The van der Waals surface area contributed by atoms with E-state index in [2.05, 4.69) is 10.1 Å². The monoisotopic (exact) mass is 319 g/mol. The Balaban J connectivity index is 1.86. The molecule has 0 aliphatic rings. The predicted octanol–water partition coefficient (Wildman–Crippen LogP) is 2.67. The average molecular weight is 319 g/mol. The second-order valence-electron chi connectivity index (χ2n) is 5.27. The third kappa shape index (κ3) is 2.45. The number of nitrogens with zero attached hydrogens (tertiary/aromatic N) is 3. The summed E-state index contributed by atoms with van der Waals surface area (Å²) >= 11 is 1.36. The molecule has 0 saturated heterocycles. The normalized spacial score (nSPS) is 12.1. The lowest BCUT2D eigenvalue weighted by Gasteiger charge is -1.96. The Morgan fingerprint density at radius 3 is 2.52 bits per heavy atom. The highest BCUT2D eigenvalue weighted by molar-refractivity contribution is 7.15. The van der Waals surface area contributed by atoms with E-state index in [0.717, 1.165) is 16.7 Å². The fourth-order valence-electron chi connectivity index (χ4n) is 2.43. The molecule has 4 rings (SSSR count). The van der Waals surface area contributed by atoms with Gasteiger partial charge < -0.3 is 0 Å². The van der Waals surface area contributed by atoms with Gasteiger partial charge in [0.05, 0.1) is 4.53 Å². The van der Waals surface area contributed by atoms with Crippen LogP contribution in [0, 0.1) is 6.92 Å². The van der Waals surface area contributed by atoms with E-state index in [0.29, 0.717) is 15.3 Å². The number of rotatable bonds is 2. The van der Waals surface area contributed by atoms with Crippen LogP contribution in [0.3, 0.4) is 0 Å². The third-order valence-electron chi connectivity index (χ3n) is 3.69. The molecule has 0 aliphatic heterocycles. The predicted molar refractivity (Wildman–Crippen MR) is 92.5 cm³/mol. The standard InChI is InChI=1S/C18H13N3OS/c1-12-7-5-6-10-14(12)11-15-17(22)21-18(23-15)19-16(20-21)13-8-3-2-4-9-13/h2-11H,1H3/b15-11-.